The van der Waals surface area contributed by atoms with Crippen molar-refractivity contribution in [2.45, 2.75) is 19.9 Å². The number of fused-ring (bicyclic) bond motifs is 1. The van der Waals surface area contributed by atoms with E-state index < -0.39 is 0 Å². The van der Waals surface area contributed by atoms with Gasteiger partial charge in [0.1, 0.15) is 12.9 Å². The molecule has 0 amide bonds. The van der Waals surface area contributed by atoms with Gasteiger partial charge in [-0.15, -0.1) is 0 Å². The molecule has 152 valence electrons. The van der Waals surface area contributed by atoms with E-state index in [2.05, 4.69) is 56.2 Å². The minimum atomic E-state index is -0.171. The van der Waals surface area contributed by atoms with Gasteiger partial charge in [-0.3, -0.25) is 9.36 Å². The van der Waals surface area contributed by atoms with Gasteiger partial charge in [0, 0.05) is 31.4 Å². The van der Waals surface area contributed by atoms with Crippen LogP contribution in [0.4, 0.5) is 5.69 Å². The second-order valence-corrected chi connectivity index (χ2v) is 7.84. The van der Waals surface area contributed by atoms with Crippen LogP contribution in [0.2, 0.25) is 0 Å². The Kier molecular flexibility index (Phi) is 4.74. The molecule has 30 heavy (non-hydrogen) atoms. The first-order valence-corrected chi connectivity index (χ1v) is 10.1. The second kappa shape index (κ2) is 7.70. The highest BCUT2D eigenvalue weighted by molar-refractivity contribution is 5.72. The number of hydrogen-bond acceptors (Lipinski definition) is 7. The monoisotopic (exact) mass is 402 g/mol. The van der Waals surface area contributed by atoms with Crippen molar-refractivity contribution in [3.05, 3.63) is 77.1 Å². The van der Waals surface area contributed by atoms with E-state index in [4.69, 9.17) is 4.52 Å². The number of benzene rings is 1. The van der Waals surface area contributed by atoms with E-state index in [0.29, 0.717) is 34.6 Å². The maximum atomic E-state index is 12.6. The van der Waals surface area contributed by atoms with Crippen LogP contribution in [-0.4, -0.2) is 37.8 Å². The largest absolute Gasteiger partial charge is 0.371 e. The molecular weight excluding hydrogens is 380 g/mol. The molecule has 1 aromatic carbocycles. The zero-order valence-corrected chi connectivity index (χ0v) is 16.7. The number of aromatic nitrogens is 5. The Morgan fingerprint density at radius 1 is 1.10 bits per heavy atom. The van der Waals surface area contributed by atoms with Crippen molar-refractivity contribution in [3.63, 3.8) is 0 Å². The molecule has 3 aromatic heterocycles. The summed E-state index contributed by atoms with van der Waals surface area (Å²) in [5.41, 5.74) is 1.51. The SMILES string of the molecule is C[C@H]1CN(c2ccccc2)C[C@H]1Cc1noc(Cn2cnc3ncccc3c2=O)n1. The molecule has 4 aromatic rings. The van der Waals surface area contributed by atoms with Crippen LogP contribution in [0, 0.1) is 11.8 Å². The van der Waals surface area contributed by atoms with Crippen molar-refractivity contribution in [3.8, 4) is 0 Å². The molecule has 1 saturated heterocycles. The van der Waals surface area contributed by atoms with Gasteiger partial charge < -0.3 is 9.42 Å². The van der Waals surface area contributed by atoms with E-state index in [1.54, 1.807) is 18.3 Å². The number of pyridine rings is 1. The minimum Gasteiger partial charge on any atom is -0.371 e. The fraction of sp³-hybridized carbons (Fsp3) is 0.318. The summed E-state index contributed by atoms with van der Waals surface area (Å²) in [6.07, 6.45) is 3.84. The van der Waals surface area contributed by atoms with Crippen LogP contribution in [-0.2, 0) is 13.0 Å². The molecule has 8 nitrogen and oxygen atoms in total. The van der Waals surface area contributed by atoms with Crippen LogP contribution in [0.3, 0.4) is 0 Å². The Bertz CT molecular complexity index is 1220. The average Bonchev–Trinajstić information content (AvgIpc) is 3.37. The van der Waals surface area contributed by atoms with Gasteiger partial charge in [-0.05, 0) is 36.1 Å². The number of para-hydroxylation sites is 1. The van der Waals surface area contributed by atoms with Gasteiger partial charge in [0.25, 0.3) is 5.56 Å². The average molecular weight is 402 g/mol. The van der Waals surface area contributed by atoms with Crippen LogP contribution < -0.4 is 10.5 Å². The van der Waals surface area contributed by atoms with Gasteiger partial charge in [-0.25, -0.2) is 9.97 Å². The van der Waals surface area contributed by atoms with Gasteiger partial charge in [0.15, 0.2) is 11.5 Å². The van der Waals surface area contributed by atoms with E-state index in [1.165, 1.54) is 16.6 Å². The number of anilines is 1. The van der Waals surface area contributed by atoms with Crippen LogP contribution >= 0.6 is 0 Å². The normalized spacial score (nSPS) is 18.9. The van der Waals surface area contributed by atoms with Gasteiger partial charge in [0.05, 0.1) is 5.39 Å². The topological polar surface area (TPSA) is 89.9 Å². The Hall–Kier alpha value is -3.55. The summed E-state index contributed by atoms with van der Waals surface area (Å²) < 4.78 is 6.88. The summed E-state index contributed by atoms with van der Waals surface area (Å²) in [7, 11) is 0. The predicted octanol–water partition coefficient (Wildman–Crippen LogP) is 2.54. The molecule has 0 saturated carbocycles. The molecule has 0 radical (unpaired) electrons. The molecule has 0 unspecified atom stereocenters. The summed E-state index contributed by atoms with van der Waals surface area (Å²) >= 11 is 0. The molecule has 0 spiro atoms. The third kappa shape index (κ3) is 3.56. The minimum absolute atomic E-state index is 0.171. The summed E-state index contributed by atoms with van der Waals surface area (Å²) in [6, 6.07) is 13.9. The van der Waals surface area contributed by atoms with E-state index in [9.17, 15) is 4.79 Å². The molecule has 8 heteroatoms. The highest BCUT2D eigenvalue weighted by Crippen LogP contribution is 2.29. The molecule has 0 aliphatic carbocycles. The van der Waals surface area contributed by atoms with Gasteiger partial charge in [-0.1, -0.05) is 30.3 Å². The molecule has 5 rings (SSSR count). The van der Waals surface area contributed by atoms with Crippen molar-refractivity contribution in [2.24, 2.45) is 11.8 Å². The molecule has 0 N–H and O–H groups in total. The fourth-order valence-corrected chi connectivity index (χ4v) is 4.08. The van der Waals surface area contributed by atoms with Crippen molar-refractivity contribution in [1.29, 1.82) is 0 Å². The molecular formula is C22H22N6O2. The lowest BCUT2D eigenvalue weighted by atomic mass is 9.94. The van der Waals surface area contributed by atoms with Crippen LogP contribution in [0.15, 0.2) is 64.3 Å². The molecule has 1 fully saturated rings. The third-order valence-electron chi connectivity index (χ3n) is 5.75. The Balaban J connectivity index is 1.28. The predicted molar refractivity (Wildman–Crippen MR) is 112 cm³/mol. The van der Waals surface area contributed by atoms with E-state index in [0.717, 1.165) is 19.5 Å². The number of nitrogens with zero attached hydrogens (tertiary/aromatic N) is 6. The summed E-state index contributed by atoms with van der Waals surface area (Å²) in [6.45, 7) is 4.45. The van der Waals surface area contributed by atoms with Crippen molar-refractivity contribution >= 4 is 16.7 Å². The van der Waals surface area contributed by atoms with E-state index >= 15 is 0 Å². The summed E-state index contributed by atoms with van der Waals surface area (Å²) in [5.74, 6) is 2.07. The van der Waals surface area contributed by atoms with Crippen molar-refractivity contribution in [1.82, 2.24) is 24.7 Å². The summed E-state index contributed by atoms with van der Waals surface area (Å²) in [4.78, 5) is 27.9. The first-order valence-electron chi connectivity index (χ1n) is 10.1. The highest BCUT2D eigenvalue weighted by Gasteiger charge is 2.31. The fourth-order valence-electron chi connectivity index (χ4n) is 4.08. The zero-order valence-electron chi connectivity index (χ0n) is 16.7. The standard InChI is InChI=1S/C22H22N6O2/c1-15-11-27(17-6-3-2-4-7-17)12-16(15)10-19-25-20(30-26-19)13-28-14-24-21-18(22(28)29)8-5-9-23-21/h2-9,14-16H,10-13H2,1H3/t15-,16+/m0/s1. The Labute approximate surface area is 173 Å². The molecule has 2 atom stereocenters. The third-order valence-corrected chi connectivity index (χ3v) is 5.75. The van der Waals surface area contributed by atoms with E-state index in [1.807, 2.05) is 6.07 Å². The lowest BCUT2D eigenvalue weighted by molar-refractivity contribution is 0.358. The van der Waals surface area contributed by atoms with E-state index in [-0.39, 0.29) is 12.1 Å². The highest BCUT2D eigenvalue weighted by atomic mass is 16.5. The first kappa shape index (κ1) is 18.5. The lowest BCUT2D eigenvalue weighted by Gasteiger charge is -2.18. The smallest absolute Gasteiger partial charge is 0.263 e. The quantitative estimate of drug-likeness (QED) is 0.507. The molecule has 1 aliphatic rings. The van der Waals surface area contributed by atoms with Gasteiger partial charge >= 0.3 is 0 Å². The maximum Gasteiger partial charge on any atom is 0.263 e. The number of rotatable bonds is 5. The van der Waals surface area contributed by atoms with Crippen molar-refractivity contribution in [2.75, 3.05) is 18.0 Å². The Morgan fingerprint density at radius 3 is 2.83 bits per heavy atom. The molecule has 1 aliphatic heterocycles. The second-order valence-electron chi connectivity index (χ2n) is 7.84. The van der Waals surface area contributed by atoms with Gasteiger partial charge in [0.2, 0.25) is 5.89 Å². The molecule has 4 heterocycles. The van der Waals surface area contributed by atoms with Crippen LogP contribution in [0.25, 0.3) is 11.0 Å². The Morgan fingerprint density at radius 2 is 1.97 bits per heavy atom. The van der Waals surface area contributed by atoms with Crippen LogP contribution in [0.5, 0.6) is 0 Å². The summed E-state index contributed by atoms with van der Waals surface area (Å²) in [5, 5.41) is 4.62. The molecule has 0 bridgehead atoms. The first-order chi connectivity index (χ1) is 14.7. The zero-order chi connectivity index (χ0) is 20.5. The number of hydrogen-bond donors (Lipinski definition) is 0. The van der Waals surface area contributed by atoms with Crippen LogP contribution in [0.1, 0.15) is 18.6 Å². The maximum absolute atomic E-state index is 12.6. The van der Waals surface area contributed by atoms with Gasteiger partial charge in [-0.2, -0.15) is 4.98 Å². The van der Waals surface area contributed by atoms with Crippen molar-refractivity contribution < 1.29 is 4.52 Å². The lowest BCUT2D eigenvalue weighted by Crippen LogP contribution is -2.21.